The number of aliphatic hydroxyl groups is 1. The van der Waals surface area contributed by atoms with Crippen molar-refractivity contribution in [3.8, 4) is 0 Å². The van der Waals surface area contributed by atoms with Crippen LogP contribution < -0.4 is 0 Å². The summed E-state index contributed by atoms with van der Waals surface area (Å²) in [7, 11) is 8.78. The Morgan fingerprint density at radius 2 is 2.19 bits per heavy atom. The van der Waals surface area contributed by atoms with Crippen LogP contribution in [-0.2, 0) is 51.7 Å². The first-order valence-electron chi connectivity index (χ1n) is 4.92. The molecular weight excluding hydrogens is 288 g/mol. The molecule has 0 aromatic carbocycles. The van der Waals surface area contributed by atoms with Crippen LogP contribution in [0.4, 0.5) is 0 Å². The Balaban J connectivity index is 0.00000128. The van der Waals surface area contributed by atoms with Crippen molar-refractivity contribution in [3.63, 3.8) is 0 Å². The molecule has 1 N–H and O–H groups in total. The van der Waals surface area contributed by atoms with E-state index in [9.17, 15) is 5.11 Å². The molecule has 0 aromatic heterocycles. The van der Waals surface area contributed by atoms with Crippen LogP contribution in [0, 0.1) is 0 Å². The number of rotatable bonds is 3. The van der Waals surface area contributed by atoms with Gasteiger partial charge in [-0.05, 0) is 0 Å². The van der Waals surface area contributed by atoms with E-state index in [4.69, 9.17) is 26.8 Å². The van der Waals surface area contributed by atoms with E-state index in [2.05, 4.69) is 0 Å². The largest absolute Gasteiger partial charge is 0.382 e. The van der Waals surface area contributed by atoms with Gasteiger partial charge in [-0.25, -0.2) is 0 Å². The molecular formula is C9H15BO5Y. The van der Waals surface area contributed by atoms with Crippen LogP contribution >= 0.6 is 0 Å². The van der Waals surface area contributed by atoms with Gasteiger partial charge in [0.05, 0.1) is 19.2 Å². The van der Waals surface area contributed by atoms with Crippen molar-refractivity contribution in [2.75, 3.05) is 27.4 Å². The van der Waals surface area contributed by atoms with Gasteiger partial charge in [0, 0.05) is 53.3 Å². The van der Waals surface area contributed by atoms with Gasteiger partial charge in [-0.3, -0.25) is 0 Å². The summed E-state index contributed by atoms with van der Waals surface area (Å²) in [5.41, 5.74) is -1.23. The summed E-state index contributed by atoms with van der Waals surface area (Å²) < 4.78 is 21.1. The van der Waals surface area contributed by atoms with Crippen LogP contribution in [0.3, 0.4) is 0 Å². The summed E-state index contributed by atoms with van der Waals surface area (Å²) in [6.45, 7) is 0.667. The van der Waals surface area contributed by atoms with E-state index in [1.54, 1.807) is 7.11 Å². The second kappa shape index (κ2) is 5.31. The van der Waals surface area contributed by atoms with Gasteiger partial charge < -0.3 is 24.1 Å². The van der Waals surface area contributed by atoms with Crippen molar-refractivity contribution in [1.82, 2.24) is 0 Å². The van der Waals surface area contributed by atoms with Crippen molar-refractivity contribution < 1.29 is 56.8 Å². The molecule has 16 heavy (non-hydrogen) atoms. The molecule has 2 fully saturated rings. The fourth-order valence-corrected chi connectivity index (χ4v) is 2.43. The molecule has 0 saturated carbocycles. The van der Waals surface area contributed by atoms with Gasteiger partial charge in [0.1, 0.15) is 14.0 Å². The number of hydrogen-bond donors (Lipinski definition) is 1. The third-order valence-electron chi connectivity index (χ3n) is 3.24. The Kier molecular flexibility index (Phi) is 4.98. The van der Waals surface area contributed by atoms with Crippen LogP contribution in [0.15, 0.2) is 0 Å². The van der Waals surface area contributed by atoms with Crippen LogP contribution in [0.1, 0.15) is 6.42 Å². The first-order valence-corrected chi connectivity index (χ1v) is 4.92. The minimum absolute atomic E-state index is 0. The molecule has 0 amide bonds. The third-order valence-corrected chi connectivity index (χ3v) is 3.24. The van der Waals surface area contributed by atoms with Crippen molar-refractivity contribution in [3.05, 3.63) is 0 Å². The Morgan fingerprint density at radius 1 is 1.50 bits per heavy atom. The Hall–Kier alpha value is 0.969. The Bertz CT molecular complexity index is 256. The Morgan fingerprint density at radius 3 is 2.75 bits per heavy atom. The molecule has 2 aliphatic heterocycles. The number of methoxy groups -OCH3 is 2. The maximum atomic E-state index is 10.5. The fraction of sp³-hybridized carbons (Fsp3) is 1.00. The van der Waals surface area contributed by atoms with Gasteiger partial charge in [0.15, 0.2) is 5.60 Å². The molecule has 2 heterocycles. The topological polar surface area (TPSA) is 57.2 Å². The van der Waals surface area contributed by atoms with Gasteiger partial charge in [-0.15, -0.1) is 0 Å². The van der Waals surface area contributed by atoms with Crippen LogP contribution in [-0.4, -0.2) is 63.9 Å². The van der Waals surface area contributed by atoms with Crippen LogP contribution in [0.5, 0.6) is 0 Å². The smallest absolute Gasteiger partial charge is 0.218 e. The van der Waals surface area contributed by atoms with Gasteiger partial charge in [0.25, 0.3) is 0 Å². The molecule has 0 aromatic rings. The molecule has 2 saturated heterocycles. The first kappa shape index (κ1) is 15.0. The average molecular weight is 303 g/mol. The minimum Gasteiger partial charge on any atom is -0.382 e. The van der Waals surface area contributed by atoms with E-state index >= 15 is 0 Å². The summed E-state index contributed by atoms with van der Waals surface area (Å²) in [5, 5.41) is 10.5. The molecule has 0 spiro atoms. The quantitative estimate of drug-likeness (QED) is 0.679. The number of fused-ring (bicyclic) bond motifs is 1. The summed E-state index contributed by atoms with van der Waals surface area (Å²) in [5.74, 6) is -1.25. The zero-order valence-electron chi connectivity index (χ0n) is 9.51. The molecule has 87 valence electrons. The predicted molar refractivity (Wildman–Crippen MR) is 51.5 cm³/mol. The predicted octanol–water partition coefficient (Wildman–Crippen LogP) is -0.982. The van der Waals surface area contributed by atoms with Crippen molar-refractivity contribution >= 4 is 7.85 Å². The van der Waals surface area contributed by atoms with E-state index in [0.717, 1.165) is 0 Å². The van der Waals surface area contributed by atoms with E-state index < -0.39 is 23.5 Å². The van der Waals surface area contributed by atoms with Crippen LogP contribution in [0.2, 0.25) is 0 Å². The molecule has 2 aliphatic rings. The van der Waals surface area contributed by atoms with Gasteiger partial charge in [0.2, 0.25) is 5.79 Å². The first-order chi connectivity index (χ1) is 7.10. The SMILES string of the molecule is [B]C1OC(COC)C2(O)CCOC12OC.[Y]. The van der Waals surface area contributed by atoms with Crippen LogP contribution in [0.25, 0.3) is 0 Å². The number of hydrogen-bond acceptors (Lipinski definition) is 5. The summed E-state index contributed by atoms with van der Waals surface area (Å²) in [4.78, 5) is 0. The van der Waals surface area contributed by atoms with E-state index in [1.165, 1.54) is 7.11 Å². The van der Waals surface area contributed by atoms with Gasteiger partial charge >= 0.3 is 0 Å². The van der Waals surface area contributed by atoms with Gasteiger partial charge in [-0.1, -0.05) is 0 Å². The fourth-order valence-electron chi connectivity index (χ4n) is 2.43. The minimum atomic E-state index is -1.25. The van der Waals surface area contributed by atoms with Gasteiger partial charge in [-0.2, -0.15) is 0 Å². The Labute approximate surface area is 121 Å². The van der Waals surface area contributed by atoms with E-state index in [1.807, 2.05) is 0 Å². The molecule has 3 radical (unpaired) electrons. The maximum Gasteiger partial charge on any atom is 0.218 e. The van der Waals surface area contributed by atoms with E-state index in [-0.39, 0.29) is 39.3 Å². The van der Waals surface area contributed by atoms with Crippen molar-refractivity contribution in [1.29, 1.82) is 0 Å². The zero-order chi connectivity index (χ0) is 11.1. The van der Waals surface area contributed by atoms with E-state index in [0.29, 0.717) is 13.0 Å². The summed E-state index contributed by atoms with van der Waals surface area (Å²) in [6, 6.07) is -0.796. The second-order valence-corrected chi connectivity index (χ2v) is 3.90. The zero-order valence-corrected chi connectivity index (χ0v) is 12.3. The maximum absolute atomic E-state index is 10.5. The molecule has 5 nitrogen and oxygen atoms in total. The molecule has 2 rings (SSSR count). The molecule has 0 bridgehead atoms. The third kappa shape index (κ3) is 1.83. The molecule has 0 aliphatic carbocycles. The van der Waals surface area contributed by atoms with Crippen molar-refractivity contribution in [2.24, 2.45) is 0 Å². The molecule has 4 atom stereocenters. The second-order valence-electron chi connectivity index (χ2n) is 3.90. The molecule has 4 unspecified atom stereocenters. The summed E-state index contributed by atoms with van der Waals surface area (Å²) in [6.07, 6.45) is -0.0808. The average Bonchev–Trinajstić information content (AvgIpc) is 2.64. The number of ether oxygens (including phenoxy) is 4. The monoisotopic (exact) mass is 303 g/mol. The summed E-state index contributed by atoms with van der Waals surface area (Å²) >= 11 is 0. The normalized spacial score (nSPS) is 46.4. The van der Waals surface area contributed by atoms with Crippen molar-refractivity contribution in [2.45, 2.75) is 29.9 Å². The standard InChI is InChI=1S/C9H15BO5.Y/c1-12-5-6-8(11)3-4-14-9(8,13-2)7(10)15-6;/h6-7,11H,3-5H2,1-2H3;. The molecule has 7 heteroatoms.